The van der Waals surface area contributed by atoms with Gasteiger partial charge in [0.25, 0.3) is 0 Å². The van der Waals surface area contributed by atoms with Crippen molar-refractivity contribution in [2.45, 2.75) is 37.6 Å². The maximum absolute atomic E-state index is 6.13. The first-order valence-corrected chi connectivity index (χ1v) is 6.65. The average Bonchev–Trinajstić information content (AvgIpc) is 2.94. The Morgan fingerprint density at radius 1 is 1.41 bits per heavy atom. The largest absolute Gasteiger partial charge is 0.339 e. The summed E-state index contributed by atoms with van der Waals surface area (Å²) in [5.41, 5.74) is 5.80. The standard InChI is InChI=1S/C11H14N4OS/c12-11(4-1-5-11)10-14-8(16-15-10)2-3-9-13-6-7-17-9/h6-7H,1-5,12H2. The second kappa shape index (κ2) is 4.19. The summed E-state index contributed by atoms with van der Waals surface area (Å²) in [7, 11) is 0. The van der Waals surface area contributed by atoms with Crippen LogP contribution in [-0.2, 0) is 18.4 Å². The molecule has 6 heteroatoms. The zero-order valence-electron chi connectivity index (χ0n) is 9.43. The minimum Gasteiger partial charge on any atom is -0.339 e. The highest BCUT2D eigenvalue weighted by molar-refractivity contribution is 7.09. The molecule has 0 bridgehead atoms. The lowest BCUT2D eigenvalue weighted by Gasteiger charge is -2.34. The smallest absolute Gasteiger partial charge is 0.227 e. The minimum atomic E-state index is -0.330. The molecule has 1 fully saturated rings. The Balaban J connectivity index is 1.64. The van der Waals surface area contributed by atoms with E-state index in [1.807, 2.05) is 11.6 Å². The van der Waals surface area contributed by atoms with Gasteiger partial charge >= 0.3 is 0 Å². The van der Waals surface area contributed by atoms with Gasteiger partial charge in [-0.1, -0.05) is 5.16 Å². The molecule has 1 aliphatic carbocycles. The van der Waals surface area contributed by atoms with E-state index in [1.54, 1.807) is 11.3 Å². The van der Waals surface area contributed by atoms with Gasteiger partial charge in [-0.2, -0.15) is 4.98 Å². The number of nitrogens with two attached hydrogens (primary N) is 1. The quantitative estimate of drug-likeness (QED) is 0.892. The van der Waals surface area contributed by atoms with Gasteiger partial charge in [-0.15, -0.1) is 11.3 Å². The molecule has 2 heterocycles. The van der Waals surface area contributed by atoms with Crippen LogP contribution in [0, 0.1) is 0 Å². The lowest BCUT2D eigenvalue weighted by Crippen LogP contribution is -2.44. The highest BCUT2D eigenvalue weighted by atomic mass is 32.1. The predicted octanol–water partition coefficient (Wildman–Crippen LogP) is 1.65. The molecule has 2 aromatic heterocycles. The molecule has 0 radical (unpaired) electrons. The molecule has 1 aliphatic rings. The van der Waals surface area contributed by atoms with E-state index < -0.39 is 0 Å². The Labute approximate surface area is 103 Å². The van der Waals surface area contributed by atoms with Crippen molar-refractivity contribution in [2.75, 3.05) is 0 Å². The van der Waals surface area contributed by atoms with Crippen molar-refractivity contribution in [3.8, 4) is 0 Å². The first kappa shape index (κ1) is 10.9. The van der Waals surface area contributed by atoms with Crippen LogP contribution in [0.3, 0.4) is 0 Å². The molecule has 0 aliphatic heterocycles. The first-order chi connectivity index (χ1) is 8.26. The molecule has 0 saturated heterocycles. The van der Waals surface area contributed by atoms with Gasteiger partial charge in [-0.3, -0.25) is 0 Å². The van der Waals surface area contributed by atoms with E-state index in [0.717, 1.165) is 37.1 Å². The Kier molecular flexibility index (Phi) is 2.68. The van der Waals surface area contributed by atoms with Crippen LogP contribution in [0.2, 0.25) is 0 Å². The number of thiazole rings is 1. The fourth-order valence-electron chi connectivity index (χ4n) is 1.93. The average molecular weight is 250 g/mol. The summed E-state index contributed by atoms with van der Waals surface area (Å²) in [6, 6.07) is 0. The van der Waals surface area contributed by atoms with E-state index in [0.29, 0.717) is 11.7 Å². The van der Waals surface area contributed by atoms with Crippen LogP contribution < -0.4 is 5.73 Å². The van der Waals surface area contributed by atoms with Crippen LogP contribution in [0.1, 0.15) is 36.0 Å². The van der Waals surface area contributed by atoms with Gasteiger partial charge in [-0.25, -0.2) is 4.98 Å². The van der Waals surface area contributed by atoms with Gasteiger partial charge in [0.05, 0.1) is 10.5 Å². The van der Waals surface area contributed by atoms with Crippen LogP contribution >= 0.6 is 11.3 Å². The summed E-state index contributed by atoms with van der Waals surface area (Å²) in [4.78, 5) is 8.60. The molecule has 0 spiro atoms. The third kappa shape index (κ3) is 2.10. The van der Waals surface area contributed by atoms with Crippen molar-refractivity contribution in [1.29, 1.82) is 0 Å². The minimum absolute atomic E-state index is 0.330. The maximum Gasteiger partial charge on any atom is 0.227 e. The van der Waals surface area contributed by atoms with E-state index in [1.165, 1.54) is 0 Å². The van der Waals surface area contributed by atoms with Gasteiger partial charge in [0.1, 0.15) is 0 Å². The van der Waals surface area contributed by atoms with E-state index in [-0.39, 0.29) is 5.54 Å². The van der Waals surface area contributed by atoms with Gasteiger partial charge in [0.2, 0.25) is 5.89 Å². The van der Waals surface area contributed by atoms with Crippen LogP contribution in [0.5, 0.6) is 0 Å². The van der Waals surface area contributed by atoms with Gasteiger partial charge in [0, 0.05) is 24.4 Å². The van der Waals surface area contributed by atoms with Crippen molar-refractivity contribution in [2.24, 2.45) is 5.73 Å². The Morgan fingerprint density at radius 3 is 2.94 bits per heavy atom. The van der Waals surface area contributed by atoms with E-state index in [4.69, 9.17) is 10.3 Å². The Morgan fingerprint density at radius 2 is 2.29 bits per heavy atom. The highest BCUT2D eigenvalue weighted by Gasteiger charge is 2.38. The van der Waals surface area contributed by atoms with Gasteiger partial charge in [0.15, 0.2) is 5.82 Å². The number of aryl methyl sites for hydroxylation is 2. The fraction of sp³-hybridized carbons (Fsp3) is 0.545. The van der Waals surface area contributed by atoms with Crippen molar-refractivity contribution in [3.63, 3.8) is 0 Å². The molecule has 17 heavy (non-hydrogen) atoms. The molecule has 1 saturated carbocycles. The first-order valence-electron chi connectivity index (χ1n) is 5.77. The lowest BCUT2D eigenvalue weighted by molar-refractivity contribution is 0.229. The number of rotatable bonds is 4. The van der Waals surface area contributed by atoms with Crippen molar-refractivity contribution >= 4 is 11.3 Å². The highest BCUT2D eigenvalue weighted by Crippen LogP contribution is 2.36. The van der Waals surface area contributed by atoms with Crippen molar-refractivity contribution < 1.29 is 4.52 Å². The molecular formula is C11H14N4OS. The normalized spacial score (nSPS) is 17.9. The molecule has 0 amide bonds. The van der Waals surface area contributed by atoms with Crippen LogP contribution in [0.15, 0.2) is 16.1 Å². The fourth-order valence-corrected chi connectivity index (χ4v) is 2.55. The van der Waals surface area contributed by atoms with Crippen LogP contribution in [0.4, 0.5) is 0 Å². The monoisotopic (exact) mass is 250 g/mol. The molecule has 0 unspecified atom stereocenters. The summed E-state index contributed by atoms with van der Waals surface area (Å²) < 4.78 is 5.22. The topological polar surface area (TPSA) is 77.8 Å². The van der Waals surface area contributed by atoms with Gasteiger partial charge < -0.3 is 10.3 Å². The molecule has 2 N–H and O–H groups in total. The summed E-state index contributed by atoms with van der Waals surface area (Å²) >= 11 is 1.64. The second-order valence-corrected chi connectivity index (χ2v) is 5.43. The molecule has 90 valence electrons. The van der Waals surface area contributed by atoms with E-state index in [2.05, 4.69) is 15.1 Å². The maximum atomic E-state index is 6.13. The number of hydrogen-bond acceptors (Lipinski definition) is 6. The van der Waals surface area contributed by atoms with E-state index in [9.17, 15) is 0 Å². The Hall–Kier alpha value is -1.27. The zero-order valence-corrected chi connectivity index (χ0v) is 10.2. The zero-order chi connectivity index (χ0) is 11.7. The van der Waals surface area contributed by atoms with Crippen LogP contribution in [0.25, 0.3) is 0 Å². The third-order valence-corrected chi connectivity index (χ3v) is 4.03. The third-order valence-electron chi connectivity index (χ3n) is 3.20. The number of hydrogen-bond donors (Lipinski definition) is 1. The molecule has 0 aromatic carbocycles. The second-order valence-electron chi connectivity index (χ2n) is 4.45. The molecule has 5 nitrogen and oxygen atoms in total. The van der Waals surface area contributed by atoms with Crippen molar-refractivity contribution in [3.05, 3.63) is 28.3 Å². The molecule has 3 rings (SSSR count). The molecular weight excluding hydrogens is 236 g/mol. The van der Waals surface area contributed by atoms with Crippen molar-refractivity contribution in [1.82, 2.24) is 15.1 Å². The summed E-state index contributed by atoms with van der Waals surface area (Å²) in [5.74, 6) is 1.32. The number of aromatic nitrogens is 3. The SMILES string of the molecule is NC1(c2noc(CCc3nccs3)n2)CCC1. The molecule has 0 atom stereocenters. The summed E-state index contributed by atoms with van der Waals surface area (Å²) in [5, 5.41) is 7.05. The van der Waals surface area contributed by atoms with E-state index >= 15 is 0 Å². The predicted molar refractivity (Wildman–Crippen MR) is 63.5 cm³/mol. The molecule has 2 aromatic rings. The van der Waals surface area contributed by atoms with Crippen LogP contribution in [-0.4, -0.2) is 15.1 Å². The Bertz CT molecular complexity index is 489. The summed E-state index contributed by atoms with van der Waals surface area (Å²) in [6.07, 6.45) is 6.45. The summed E-state index contributed by atoms with van der Waals surface area (Å²) in [6.45, 7) is 0. The lowest BCUT2D eigenvalue weighted by atomic mass is 9.77. The van der Waals surface area contributed by atoms with Gasteiger partial charge in [-0.05, 0) is 19.3 Å². The number of nitrogens with zero attached hydrogens (tertiary/aromatic N) is 3.